The van der Waals surface area contributed by atoms with Crippen LogP contribution in [0, 0.1) is 26.7 Å². The third kappa shape index (κ3) is 33.4. The number of aromatic hydroxyl groups is 1. The van der Waals surface area contributed by atoms with Gasteiger partial charge in [-0.2, -0.15) is 0 Å². The molecule has 0 aliphatic carbocycles. The highest BCUT2D eigenvalue weighted by molar-refractivity contribution is 5.98. The van der Waals surface area contributed by atoms with E-state index in [2.05, 4.69) is 13.8 Å². The summed E-state index contributed by atoms with van der Waals surface area (Å²) in [5.74, 6) is -1.24. The van der Waals surface area contributed by atoms with Crippen molar-refractivity contribution in [1.29, 1.82) is 0 Å². The molecule has 2 aromatic carbocycles. The third-order valence-corrected chi connectivity index (χ3v) is 17.1. The minimum Gasteiger partial charge on any atom is -0.507 e. The van der Waals surface area contributed by atoms with Crippen molar-refractivity contribution in [1.82, 2.24) is 0 Å². The zero-order valence-corrected chi connectivity index (χ0v) is 56.3. The molecular formula is C74H118O14. The Labute approximate surface area is 531 Å². The van der Waals surface area contributed by atoms with E-state index in [4.69, 9.17) is 33.2 Å². The second-order valence-corrected chi connectivity index (χ2v) is 25.3. The van der Waals surface area contributed by atoms with Gasteiger partial charge in [0.2, 0.25) is 0 Å². The Bertz CT molecular complexity index is 2300. The maximum absolute atomic E-state index is 13.2. The van der Waals surface area contributed by atoms with Crippen LogP contribution >= 0.6 is 0 Å². The largest absolute Gasteiger partial charge is 0.507 e. The lowest BCUT2D eigenvalue weighted by molar-refractivity contribution is -0.167. The van der Waals surface area contributed by atoms with Gasteiger partial charge < -0.3 is 38.3 Å². The first kappa shape index (κ1) is 76.8. The van der Waals surface area contributed by atoms with Crippen LogP contribution in [0.2, 0.25) is 0 Å². The summed E-state index contributed by atoms with van der Waals surface area (Å²) in [5, 5.41) is 10.9. The maximum Gasteiger partial charge on any atom is 0.342 e. The van der Waals surface area contributed by atoms with Gasteiger partial charge in [0.25, 0.3) is 0 Å². The number of carbonyl (C=O) groups excluding carboxylic acids is 6. The molecule has 1 heterocycles. The molecule has 3 rings (SSSR count). The van der Waals surface area contributed by atoms with Crippen LogP contribution in [0.3, 0.4) is 0 Å². The molecule has 0 amide bonds. The number of phenols is 1. The van der Waals surface area contributed by atoms with Crippen LogP contribution in [-0.2, 0) is 67.3 Å². The summed E-state index contributed by atoms with van der Waals surface area (Å²) in [4.78, 5) is 76.7. The highest BCUT2D eigenvalue weighted by atomic mass is 16.6. The fraction of sp³-hybridized carbons (Fsp3) is 0.730. The molecule has 0 fully saturated rings. The number of rotatable bonds is 53. The number of allylic oxidation sites excluding steroid dienone is 2. The average Bonchev–Trinajstić information content (AvgIpc) is 2.12. The number of benzene rings is 2. The van der Waals surface area contributed by atoms with Crippen molar-refractivity contribution in [2.45, 2.75) is 325 Å². The number of fused-ring (bicyclic) bond motifs is 1. The second kappa shape index (κ2) is 47.5. The smallest absolute Gasteiger partial charge is 0.342 e. The van der Waals surface area contributed by atoms with Crippen molar-refractivity contribution in [2.24, 2.45) is 5.92 Å². The zero-order valence-electron chi connectivity index (χ0n) is 56.3. The predicted octanol–water partition coefficient (Wildman–Crippen LogP) is 19.0. The van der Waals surface area contributed by atoms with Crippen LogP contribution in [0.5, 0.6) is 17.2 Å². The van der Waals surface area contributed by atoms with Crippen molar-refractivity contribution in [2.75, 3.05) is 20.3 Å². The molecule has 0 saturated carbocycles. The lowest BCUT2D eigenvalue weighted by Gasteiger charge is -2.19. The van der Waals surface area contributed by atoms with Crippen LogP contribution in [0.25, 0.3) is 0 Å². The Hall–Kier alpha value is -5.40. The summed E-state index contributed by atoms with van der Waals surface area (Å²) in [6, 6.07) is 3.73. The molecular weight excluding hydrogens is 1110 g/mol. The summed E-state index contributed by atoms with van der Waals surface area (Å²) >= 11 is 0. The monoisotopic (exact) mass is 1230 g/mol. The number of unbranched alkanes of at least 4 members (excludes halogenated alkanes) is 29. The second-order valence-electron chi connectivity index (χ2n) is 25.3. The lowest BCUT2D eigenvalue weighted by atomic mass is 9.94. The van der Waals surface area contributed by atoms with Crippen LogP contribution in [0.4, 0.5) is 0 Å². The van der Waals surface area contributed by atoms with E-state index in [0.29, 0.717) is 61.2 Å². The quantitative estimate of drug-likeness (QED) is 0.0217. The van der Waals surface area contributed by atoms with Gasteiger partial charge >= 0.3 is 35.8 Å². The number of hydrogen-bond donors (Lipinski definition) is 1. The van der Waals surface area contributed by atoms with Crippen molar-refractivity contribution in [3.05, 3.63) is 62.7 Å². The van der Waals surface area contributed by atoms with Gasteiger partial charge in [-0.25, -0.2) is 4.79 Å². The van der Waals surface area contributed by atoms with Crippen molar-refractivity contribution >= 4 is 35.8 Å². The van der Waals surface area contributed by atoms with E-state index < -0.39 is 12.1 Å². The Morgan fingerprint density at radius 2 is 0.989 bits per heavy atom. The molecule has 0 spiro atoms. The van der Waals surface area contributed by atoms with Gasteiger partial charge in [-0.05, 0) is 100 Å². The van der Waals surface area contributed by atoms with E-state index in [-0.39, 0.29) is 86.3 Å². The minimum absolute atomic E-state index is 0.0814. The summed E-state index contributed by atoms with van der Waals surface area (Å²) in [5.41, 5.74) is 5.34. The Balaban J connectivity index is 1.31. The molecule has 1 atom stereocenters. The molecule has 1 aliphatic heterocycles. The molecule has 1 N–H and O–H groups in total. The molecule has 0 bridgehead atoms. The van der Waals surface area contributed by atoms with Crippen LogP contribution < -0.4 is 9.47 Å². The highest BCUT2D eigenvalue weighted by Gasteiger charge is 2.32. The predicted molar refractivity (Wildman–Crippen MR) is 350 cm³/mol. The van der Waals surface area contributed by atoms with Gasteiger partial charge in [-0.15, -0.1) is 0 Å². The average molecular weight is 1230 g/mol. The number of aryl methyl sites for hydroxylation is 2. The molecule has 0 radical (unpaired) electrons. The van der Waals surface area contributed by atoms with E-state index in [1.165, 1.54) is 136 Å². The van der Waals surface area contributed by atoms with Gasteiger partial charge in [0.05, 0.1) is 7.11 Å². The molecule has 88 heavy (non-hydrogen) atoms. The SMILES string of the molecule is CCCCCCCCCCCCCCCC(=O)OCC(COC(=O)CCCCCCCCCCCCCCC)OC(=O)CC(C)CCCCCCCCC(=O)Oc1c(C)cc(COC(=O)CC/C(C)=C/Cc2c(O)c3c(c(C)c2OC)COC3=O)cc1C. The van der Waals surface area contributed by atoms with Gasteiger partial charge in [0, 0.05) is 43.2 Å². The first-order valence-electron chi connectivity index (χ1n) is 34.8. The van der Waals surface area contributed by atoms with Gasteiger partial charge in [-0.3, -0.25) is 24.0 Å². The number of phenolic OH excluding ortho intramolecular Hbond substituents is 1. The summed E-state index contributed by atoms with van der Waals surface area (Å²) in [6.07, 6.45) is 41.4. The number of esters is 6. The Kier molecular flexibility index (Phi) is 41.5. The number of cyclic esters (lactones) is 1. The van der Waals surface area contributed by atoms with E-state index in [1.54, 1.807) is 0 Å². The molecule has 14 nitrogen and oxygen atoms in total. The highest BCUT2D eigenvalue weighted by Crippen LogP contribution is 2.42. The first-order chi connectivity index (χ1) is 42.6. The van der Waals surface area contributed by atoms with Gasteiger partial charge in [0.1, 0.15) is 49.2 Å². The molecule has 2 aromatic rings. The minimum atomic E-state index is -0.854. The summed E-state index contributed by atoms with van der Waals surface area (Å²) < 4.78 is 39.2. The zero-order chi connectivity index (χ0) is 64.2. The number of carbonyl (C=O) groups is 6. The Morgan fingerprint density at radius 3 is 1.45 bits per heavy atom. The normalized spacial score (nSPS) is 12.5. The molecule has 14 heteroatoms. The van der Waals surface area contributed by atoms with Gasteiger partial charge in [0.15, 0.2) is 6.10 Å². The van der Waals surface area contributed by atoms with Crippen molar-refractivity contribution in [3.63, 3.8) is 0 Å². The molecule has 1 unspecified atom stereocenters. The van der Waals surface area contributed by atoms with Crippen LogP contribution in [0.15, 0.2) is 23.8 Å². The molecule has 0 aromatic heterocycles. The van der Waals surface area contributed by atoms with Crippen LogP contribution in [0.1, 0.15) is 322 Å². The van der Waals surface area contributed by atoms with E-state index >= 15 is 0 Å². The third-order valence-electron chi connectivity index (χ3n) is 17.1. The van der Waals surface area contributed by atoms with E-state index in [9.17, 15) is 33.9 Å². The van der Waals surface area contributed by atoms with Crippen molar-refractivity contribution < 1.29 is 67.0 Å². The summed E-state index contributed by atoms with van der Waals surface area (Å²) in [7, 11) is 1.53. The standard InChI is InChI=1S/C74H118O14/c1-9-11-13-15-17-19-21-23-25-27-29-34-38-42-65(75)84-53-62(54-85-66(76)43-39-35-30-28-26-24-22-20-18-16-14-12-10-2)87-69(79)49-57(4)41-37-33-31-32-36-40-44-68(78)88-72-58(5)50-61(51-59(72)6)52-83-67(77)48-46-56(3)45-47-63-71(80)70-64(55-86-74(70)81)60(7)73(63)82-8/h45,50-51,57,62,80H,9-44,46-49,52-55H2,1-8H3/b56-45+. The molecule has 1 aliphatic rings. The fourth-order valence-corrected chi connectivity index (χ4v) is 11.7. The maximum atomic E-state index is 13.2. The summed E-state index contributed by atoms with van der Waals surface area (Å²) in [6.45, 7) is 13.9. The molecule has 0 saturated heterocycles. The first-order valence-corrected chi connectivity index (χ1v) is 34.8. The fourth-order valence-electron chi connectivity index (χ4n) is 11.7. The molecule has 498 valence electrons. The number of methoxy groups -OCH3 is 1. The number of ether oxygens (including phenoxy) is 7. The Morgan fingerprint density at radius 1 is 0.557 bits per heavy atom. The van der Waals surface area contributed by atoms with Gasteiger partial charge in [-0.1, -0.05) is 225 Å². The van der Waals surface area contributed by atoms with E-state index in [0.717, 1.165) is 105 Å². The van der Waals surface area contributed by atoms with E-state index in [1.807, 2.05) is 52.8 Å². The topological polar surface area (TPSA) is 187 Å². The van der Waals surface area contributed by atoms with Crippen LogP contribution in [-0.4, -0.2) is 67.3 Å². The lowest BCUT2D eigenvalue weighted by Crippen LogP contribution is -2.31. The van der Waals surface area contributed by atoms with Crippen molar-refractivity contribution in [3.8, 4) is 17.2 Å². The number of hydrogen-bond acceptors (Lipinski definition) is 14.